The Kier molecular flexibility index (Phi) is 4.22. The minimum absolute atomic E-state index is 0.0904. The molecule has 0 spiro atoms. The highest BCUT2D eigenvalue weighted by atomic mass is 32.2. The molecule has 1 unspecified atom stereocenters. The highest BCUT2D eigenvalue weighted by Gasteiger charge is 2.50. The maximum Gasteiger partial charge on any atom is 0.287 e. The van der Waals surface area contributed by atoms with Crippen LogP contribution in [0.1, 0.15) is 12.8 Å². The summed E-state index contributed by atoms with van der Waals surface area (Å²) >= 11 is 14.5. The van der Waals surface area contributed by atoms with E-state index in [1.165, 1.54) is 19.8 Å². The van der Waals surface area contributed by atoms with E-state index >= 15 is 0 Å². The second kappa shape index (κ2) is 4.51. The van der Waals surface area contributed by atoms with Gasteiger partial charge in [-0.3, -0.25) is 4.79 Å². The minimum Gasteiger partial charge on any atom is -0.366 e. The summed E-state index contributed by atoms with van der Waals surface area (Å²) in [6.45, 7) is 0. The maximum atomic E-state index is 11.5. The predicted octanol–water partition coefficient (Wildman–Crippen LogP) is 0.591. The van der Waals surface area contributed by atoms with E-state index in [0.29, 0.717) is 6.42 Å². The van der Waals surface area contributed by atoms with Gasteiger partial charge in [-0.15, -0.1) is 49.6 Å². The number of thiol groups is 3. The van der Waals surface area contributed by atoms with E-state index in [2.05, 4.69) is 37.9 Å². The molecule has 0 radical (unpaired) electrons. The summed E-state index contributed by atoms with van der Waals surface area (Å²) in [5.74, 6) is 0.0904. The molecule has 8 heteroatoms. The zero-order valence-electron chi connectivity index (χ0n) is 7.93. The molecule has 14 heavy (non-hydrogen) atoms. The third-order valence-corrected chi connectivity index (χ3v) is 4.54. The van der Waals surface area contributed by atoms with E-state index in [9.17, 15) is 4.79 Å². The van der Waals surface area contributed by atoms with E-state index in [-0.39, 0.29) is 12.2 Å². The van der Waals surface area contributed by atoms with Gasteiger partial charge in [-0.25, -0.2) is 0 Å². The Balaban J connectivity index is 2.99. The summed E-state index contributed by atoms with van der Waals surface area (Å²) in [4.78, 5) is 11.5. The number of piperidine rings is 1. The van der Waals surface area contributed by atoms with Crippen LogP contribution >= 0.6 is 49.6 Å². The van der Waals surface area contributed by atoms with Crippen LogP contribution in [0, 0.1) is 0 Å². The Morgan fingerprint density at radius 2 is 2.07 bits per heavy atom. The molecule has 1 fully saturated rings. The number of rotatable bonds is 2. The molecular formula is C6H12BNO2S4. The van der Waals surface area contributed by atoms with Gasteiger partial charge in [-0.1, -0.05) is 0 Å². The molecule has 0 bridgehead atoms. The van der Waals surface area contributed by atoms with Crippen molar-refractivity contribution in [2.75, 3.05) is 6.26 Å². The molecule has 0 N–H and O–H groups in total. The van der Waals surface area contributed by atoms with E-state index in [0.717, 1.165) is 0 Å². The number of nitrogens with zero attached hydrogens (tertiary/aromatic N) is 1. The molecule has 0 amide bonds. The Morgan fingerprint density at radius 3 is 2.50 bits per heavy atom. The lowest BCUT2D eigenvalue weighted by molar-refractivity contribution is -0.143. The molecule has 0 aliphatic carbocycles. The molecule has 3 nitrogen and oxygen atoms in total. The van der Waals surface area contributed by atoms with Gasteiger partial charge in [0.25, 0.3) is 8.05 Å². The zero-order chi connectivity index (χ0) is 11.0. The first-order valence-electron chi connectivity index (χ1n) is 3.94. The van der Waals surface area contributed by atoms with Gasteiger partial charge in [0.1, 0.15) is 14.2 Å². The summed E-state index contributed by atoms with van der Waals surface area (Å²) in [5.41, 5.74) is 0. The summed E-state index contributed by atoms with van der Waals surface area (Å²) < 4.78 is 3.61. The number of carbonyl (C=O) groups is 1. The second-order valence-corrected chi connectivity index (χ2v) is 7.05. The van der Waals surface area contributed by atoms with E-state index < -0.39 is 8.41 Å². The fourth-order valence-electron chi connectivity index (χ4n) is 1.45. The largest absolute Gasteiger partial charge is 0.366 e. The fourth-order valence-corrected chi connectivity index (χ4v) is 3.73. The quantitative estimate of drug-likeness (QED) is 0.389. The number of ketones is 1. The zero-order valence-corrected chi connectivity index (χ0v) is 11.4. The van der Waals surface area contributed by atoms with Crippen LogP contribution in [0.2, 0.25) is 0 Å². The second-order valence-electron chi connectivity index (χ2n) is 3.09. The highest BCUT2D eigenvalue weighted by molar-refractivity contribution is 8.11. The minimum atomic E-state index is -0.894. The van der Waals surface area contributed by atoms with Crippen molar-refractivity contribution in [2.45, 2.75) is 21.2 Å². The Hall–Kier alpha value is 1.05. The lowest BCUT2D eigenvalue weighted by atomic mass is 10.1. The molecule has 80 valence electrons. The van der Waals surface area contributed by atoms with Crippen LogP contribution in [0.15, 0.2) is 0 Å². The van der Waals surface area contributed by atoms with Gasteiger partial charge in [0, 0.05) is 12.8 Å². The molecule has 1 atom stereocenters. The number of hydrogen-bond donors (Lipinski definition) is 3. The standard InChI is InChI=1S/C6H12BNO2S4/c1-14-6(13)3-4(9)2-5(11,12)8(6)10-7/h11-13H,2-3,7H2,1H3. The molecule has 1 rings (SSSR count). The average Bonchev–Trinajstić information content (AvgIpc) is 2.01. The monoisotopic (exact) mass is 269 g/mol. The Bertz CT molecular complexity index is 252. The smallest absolute Gasteiger partial charge is 0.287 e. The third kappa shape index (κ3) is 2.41. The van der Waals surface area contributed by atoms with E-state index in [1.807, 2.05) is 6.26 Å². The number of hydrogen-bond acceptors (Lipinski definition) is 7. The van der Waals surface area contributed by atoms with Gasteiger partial charge >= 0.3 is 0 Å². The summed E-state index contributed by atoms with van der Waals surface area (Å²) in [7, 11) is 1.53. The highest BCUT2D eigenvalue weighted by Crippen LogP contribution is 2.48. The third-order valence-electron chi connectivity index (χ3n) is 2.01. The van der Waals surface area contributed by atoms with Crippen LogP contribution < -0.4 is 0 Å². The van der Waals surface area contributed by atoms with Gasteiger partial charge in [-0.2, -0.15) is 5.06 Å². The Labute approximate surface area is 105 Å². The first kappa shape index (κ1) is 13.1. The average molecular weight is 269 g/mol. The van der Waals surface area contributed by atoms with E-state index in [4.69, 9.17) is 4.76 Å². The lowest BCUT2D eigenvalue weighted by Gasteiger charge is -2.48. The molecule has 0 aromatic heterocycles. The molecular weight excluding hydrogens is 257 g/mol. The first-order chi connectivity index (χ1) is 6.35. The first-order valence-corrected chi connectivity index (χ1v) is 6.51. The molecule has 1 aliphatic heterocycles. The van der Waals surface area contributed by atoms with Gasteiger partial charge in [0.05, 0.1) is 0 Å². The molecule has 0 saturated carbocycles. The van der Waals surface area contributed by atoms with E-state index in [1.54, 1.807) is 5.06 Å². The van der Waals surface area contributed by atoms with Crippen LogP contribution in [0.4, 0.5) is 0 Å². The van der Waals surface area contributed by atoms with Crippen molar-refractivity contribution in [1.29, 1.82) is 0 Å². The lowest BCUT2D eigenvalue weighted by Crippen LogP contribution is -2.56. The van der Waals surface area contributed by atoms with Gasteiger partial charge in [-0.05, 0) is 6.26 Å². The van der Waals surface area contributed by atoms with Crippen molar-refractivity contribution in [3.05, 3.63) is 0 Å². The number of carbonyl (C=O) groups excluding carboxylic acids is 1. The van der Waals surface area contributed by atoms with Crippen LogP contribution in [0.5, 0.6) is 0 Å². The SMILES string of the molecule is BON1C(S)(S)CC(=O)CC1(S)SC. The van der Waals surface area contributed by atoms with Crippen molar-refractivity contribution in [2.24, 2.45) is 0 Å². The normalized spacial score (nSPS) is 33.3. The Morgan fingerprint density at radius 1 is 1.50 bits per heavy atom. The number of Topliss-reactive ketones (excluding diaryl/α,β-unsaturated/α-hetero) is 1. The van der Waals surface area contributed by atoms with Gasteiger partial charge in [0.2, 0.25) is 0 Å². The van der Waals surface area contributed by atoms with Crippen molar-refractivity contribution < 1.29 is 9.55 Å². The van der Waals surface area contributed by atoms with Crippen LogP contribution in [0.25, 0.3) is 0 Å². The van der Waals surface area contributed by atoms with Crippen LogP contribution in [-0.4, -0.2) is 33.6 Å². The maximum absolute atomic E-state index is 11.5. The van der Waals surface area contributed by atoms with Crippen LogP contribution in [0.3, 0.4) is 0 Å². The number of hydroxylamine groups is 2. The van der Waals surface area contributed by atoms with Gasteiger partial charge < -0.3 is 4.76 Å². The molecule has 1 heterocycles. The van der Waals surface area contributed by atoms with Crippen LogP contribution in [-0.2, 0) is 9.55 Å². The molecule has 0 aromatic rings. The summed E-state index contributed by atoms with van der Waals surface area (Å²) in [6, 6.07) is 0. The van der Waals surface area contributed by atoms with Crippen molar-refractivity contribution >= 4 is 63.5 Å². The summed E-state index contributed by atoms with van der Waals surface area (Å²) in [6.07, 6.45) is 2.44. The van der Waals surface area contributed by atoms with Crippen molar-refractivity contribution in [3.8, 4) is 0 Å². The topological polar surface area (TPSA) is 29.5 Å². The summed E-state index contributed by atoms with van der Waals surface area (Å²) in [5, 5.41) is 1.54. The molecule has 0 aromatic carbocycles. The van der Waals surface area contributed by atoms with Gasteiger partial charge in [0.15, 0.2) is 0 Å². The fraction of sp³-hybridized carbons (Fsp3) is 0.833. The number of thioether (sulfide) groups is 1. The van der Waals surface area contributed by atoms with Crippen molar-refractivity contribution in [3.63, 3.8) is 0 Å². The van der Waals surface area contributed by atoms with Crippen molar-refractivity contribution in [1.82, 2.24) is 5.06 Å². The predicted molar refractivity (Wildman–Crippen MR) is 71.6 cm³/mol. The molecule has 1 saturated heterocycles. The molecule has 1 aliphatic rings.